The predicted molar refractivity (Wildman–Crippen MR) is 97.3 cm³/mol. The van der Waals surface area contributed by atoms with Crippen LogP contribution in [0, 0.1) is 0 Å². The second-order valence-corrected chi connectivity index (χ2v) is 6.34. The molecule has 1 fully saturated rings. The van der Waals surface area contributed by atoms with Gasteiger partial charge in [0.2, 0.25) is 5.91 Å². The number of amides is 1. The average molecular weight is 378 g/mol. The van der Waals surface area contributed by atoms with Crippen molar-refractivity contribution in [2.24, 2.45) is 0 Å². The maximum atomic E-state index is 12.7. The molecule has 0 spiro atoms. The van der Waals surface area contributed by atoms with Crippen LogP contribution < -0.4 is 10.1 Å². The van der Waals surface area contributed by atoms with E-state index in [1.54, 1.807) is 26.0 Å². The summed E-state index contributed by atoms with van der Waals surface area (Å²) < 4.78 is 10.7. The minimum Gasteiger partial charge on any atom is -0.491 e. The second kappa shape index (κ2) is 9.91. The van der Waals surface area contributed by atoms with Gasteiger partial charge >= 0.3 is 11.9 Å². The zero-order valence-electron chi connectivity index (χ0n) is 15.6. The summed E-state index contributed by atoms with van der Waals surface area (Å²) in [6.07, 6.45) is 1.08. The van der Waals surface area contributed by atoms with Crippen molar-refractivity contribution >= 4 is 17.8 Å². The van der Waals surface area contributed by atoms with Gasteiger partial charge in [-0.3, -0.25) is 14.9 Å². The molecule has 1 amide bonds. The number of rotatable bonds is 9. The molecule has 2 rings (SSSR count). The Morgan fingerprint density at radius 2 is 2.00 bits per heavy atom. The van der Waals surface area contributed by atoms with Gasteiger partial charge in [0, 0.05) is 6.54 Å². The van der Waals surface area contributed by atoms with Gasteiger partial charge in [0.1, 0.15) is 24.4 Å². The van der Waals surface area contributed by atoms with E-state index >= 15 is 0 Å². The van der Waals surface area contributed by atoms with Crippen LogP contribution in [0.2, 0.25) is 0 Å². The number of carbonyl (C=O) groups excluding carboxylic acids is 2. The molecule has 2 N–H and O–H groups in total. The van der Waals surface area contributed by atoms with Crippen molar-refractivity contribution in [3.63, 3.8) is 0 Å². The minimum absolute atomic E-state index is 0.0111. The Balaban J connectivity index is 2.01. The molecule has 1 aromatic carbocycles. The summed E-state index contributed by atoms with van der Waals surface area (Å²) in [5, 5.41) is 12.2. The third-order valence-corrected chi connectivity index (χ3v) is 4.37. The first-order valence-electron chi connectivity index (χ1n) is 9.07. The number of carboxylic acid groups (broad SMARTS) is 1. The van der Waals surface area contributed by atoms with Crippen LogP contribution in [0.5, 0.6) is 5.75 Å². The molecule has 0 saturated carbocycles. The molecule has 8 heteroatoms. The van der Waals surface area contributed by atoms with E-state index in [1.165, 1.54) is 4.90 Å². The standard InChI is InChI=1S/C19H26N2O6/c1-3-26-19(25)15(12-27-14-8-5-4-6-9-14)20-13(2)17(22)21-11-7-10-16(21)18(23)24/h4-6,8-9,13,15-16,20H,3,7,10-12H2,1-2H3,(H,23,24)/t13-,15?,16-/m0/s1. The molecule has 148 valence electrons. The van der Waals surface area contributed by atoms with Gasteiger partial charge < -0.3 is 19.5 Å². The Bertz CT molecular complexity index is 651. The number of likely N-dealkylation sites (tertiary alicyclic amines) is 1. The van der Waals surface area contributed by atoms with E-state index < -0.39 is 30.1 Å². The number of aliphatic carboxylic acids is 1. The highest BCUT2D eigenvalue weighted by Crippen LogP contribution is 2.18. The van der Waals surface area contributed by atoms with Gasteiger partial charge in [-0.15, -0.1) is 0 Å². The van der Waals surface area contributed by atoms with Gasteiger partial charge in [0.25, 0.3) is 0 Å². The lowest BCUT2D eigenvalue weighted by Crippen LogP contribution is -2.54. The highest BCUT2D eigenvalue weighted by atomic mass is 16.5. The Morgan fingerprint density at radius 3 is 2.63 bits per heavy atom. The van der Waals surface area contributed by atoms with Crippen LogP contribution >= 0.6 is 0 Å². The highest BCUT2D eigenvalue weighted by Gasteiger charge is 2.37. The summed E-state index contributed by atoms with van der Waals surface area (Å²) in [6.45, 7) is 3.89. The number of esters is 1. The molecule has 8 nitrogen and oxygen atoms in total. The third-order valence-electron chi connectivity index (χ3n) is 4.37. The summed E-state index contributed by atoms with van der Waals surface area (Å²) in [4.78, 5) is 37.5. The molecular formula is C19H26N2O6. The molecule has 1 aliphatic heterocycles. The maximum absolute atomic E-state index is 12.7. The Morgan fingerprint density at radius 1 is 1.30 bits per heavy atom. The highest BCUT2D eigenvalue weighted by molar-refractivity contribution is 5.88. The van der Waals surface area contributed by atoms with Gasteiger partial charge in [0.15, 0.2) is 0 Å². The van der Waals surface area contributed by atoms with E-state index in [-0.39, 0.29) is 19.1 Å². The van der Waals surface area contributed by atoms with Gasteiger partial charge in [0.05, 0.1) is 12.6 Å². The first-order valence-corrected chi connectivity index (χ1v) is 9.07. The fourth-order valence-corrected chi connectivity index (χ4v) is 3.03. The van der Waals surface area contributed by atoms with Crippen LogP contribution in [0.25, 0.3) is 0 Å². The second-order valence-electron chi connectivity index (χ2n) is 6.34. The number of carboxylic acids is 1. The Labute approximate surface area is 158 Å². The smallest absolute Gasteiger partial charge is 0.326 e. The molecule has 1 unspecified atom stereocenters. The molecular weight excluding hydrogens is 352 g/mol. The number of carbonyl (C=O) groups is 3. The largest absolute Gasteiger partial charge is 0.491 e. The van der Waals surface area contributed by atoms with E-state index in [1.807, 2.05) is 18.2 Å². The lowest BCUT2D eigenvalue weighted by molar-refractivity contribution is -0.150. The number of ether oxygens (including phenoxy) is 2. The summed E-state index contributed by atoms with van der Waals surface area (Å²) in [5.74, 6) is -1.29. The average Bonchev–Trinajstić information content (AvgIpc) is 3.15. The maximum Gasteiger partial charge on any atom is 0.326 e. The quantitative estimate of drug-likeness (QED) is 0.619. The van der Waals surface area contributed by atoms with Crippen LogP contribution in [-0.4, -0.2) is 65.7 Å². The van der Waals surface area contributed by atoms with Crippen molar-refractivity contribution in [1.82, 2.24) is 10.2 Å². The van der Waals surface area contributed by atoms with Crippen LogP contribution in [0.4, 0.5) is 0 Å². The van der Waals surface area contributed by atoms with Crippen molar-refractivity contribution in [1.29, 1.82) is 0 Å². The number of hydrogen-bond donors (Lipinski definition) is 2. The number of para-hydroxylation sites is 1. The van der Waals surface area contributed by atoms with Crippen molar-refractivity contribution < 1.29 is 29.0 Å². The lowest BCUT2D eigenvalue weighted by Gasteiger charge is -2.27. The van der Waals surface area contributed by atoms with Crippen LogP contribution in [0.15, 0.2) is 30.3 Å². The third kappa shape index (κ3) is 5.68. The van der Waals surface area contributed by atoms with E-state index in [0.29, 0.717) is 25.1 Å². The monoisotopic (exact) mass is 378 g/mol. The zero-order valence-corrected chi connectivity index (χ0v) is 15.6. The van der Waals surface area contributed by atoms with E-state index in [9.17, 15) is 19.5 Å². The van der Waals surface area contributed by atoms with Crippen LogP contribution in [0.1, 0.15) is 26.7 Å². The molecule has 1 aliphatic rings. The topological polar surface area (TPSA) is 105 Å². The molecule has 3 atom stereocenters. The molecule has 0 bridgehead atoms. The minimum atomic E-state index is -1.01. The number of nitrogens with zero attached hydrogens (tertiary/aromatic N) is 1. The van der Waals surface area contributed by atoms with Crippen LogP contribution in [-0.2, 0) is 19.1 Å². The number of hydrogen-bond acceptors (Lipinski definition) is 6. The normalized spacial score (nSPS) is 18.6. The number of nitrogens with one attached hydrogen (secondary N) is 1. The van der Waals surface area contributed by atoms with E-state index in [2.05, 4.69) is 5.32 Å². The van der Waals surface area contributed by atoms with E-state index in [0.717, 1.165) is 0 Å². The molecule has 0 aromatic heterocycles. The molecule has 1 aromatic rings. The first kappa shape index (κ1) is 20.7. The van der Waals surface area contributed by atoms with Gasteiger partial charge in [-0.25, -0.2) is 4.79 Å². The summed E-state index contributed by atoms with van der Waals surface area (Å²) in [5.41, 5.74) is 0. The summed E-state index contributed by atoms with van der Waals surface area (Å²) in [6, 6.07) is 6.58. The molecule has 1 heterocycles. The molecule has 0 aliphatic carbocycles. The van der Waals surface area contributed by atoms with E-state index in [4.69, 9.17) is 9.47 Å². The van der Waals surface area contributed by atoms with Crippen molar-refractivity contribution in [2.75, 3.05) is 19.8 Å². The van der Waals surface area contributed by atoms with Gasteiger partial charge in [-0.1, -0.05) is 18.2 Å². The van der Waals surface area contributed by atoms with Crippen molar-refractivity contribution in [3.8, 4) is 5.75 Å². The van der Waals surface area contributed by atoms with Crippen LogP contribution in [0.3, 0.4) is 0 Å². The Hall–Kier alpha value is -2.61. The fourth-order valence-electron chi connectivity index (χ4n) is 3.03. The fraction of sp³-hybridized carbons (Fsp3) is 0.526. The number of benzene rings is 1. The molecule has 0 radical (unpaired) electrons. The Kier molecular flexibility index (Phi) is 7.60. The zero-order chi connectivity index (χ0) is 19.8. The first-order chi connectivity index (χ1) is 12.9. The van der Waals surface area contributed by atoms with Gasteiger partial charge in [-0.2, -0.15) is 0 Å². The summed E-state index contributed by atoms with van der Waals surface area (Å²) >= 11 is 0. The summed E-state index contributed by atoms with van der Waals surface area (Å²) in [7, 11) is 0. The van der Waals surface area contributed by atoms with Gasteiger partial charge in [-0.05, 0) is 38.8 Å². The van der Waals surface area contributed by atoms with Crippen molar-refractivity contribution in [3.05, 3.63) is 30.3 Å². The lowest BCUT2D eigenvalue weighted by atomic mass is 10.2. The predicted octanol–water partition coefficient (Wildman–Crippen LogP) is 1.05. The molecule has 27 heavy (non-hydrogen) atoms. The molecule has 1 saturated heterocycles. The SMILES string of the molecule is CCOC(=O)C(COc1ccccc1)N[C@@H](C)C(=O)N1CCC[C@H]1C(=O)O. The van der Waals surface area contributed by atoms with Crippen molar-refractivity contribution in [2.45, 2.75) is 44.8 Å².